The third-order valence-corrected chi connectivity index (χ3v) is 3.12. The molecule has 1 aromatic rings. The minimum Gasteiger partial charge on any atom is -0.341 e. The normalized spacial score (nSPS) is 17.2. The van der Waals surface area contributed by atoms with Gasteiger partial charge in [0.15, 0.2) is 0 Å². The second-order valence-electron chi connectivity index (χ2n) is 4.61. The number of rotatable bonds is 5. The maximum absolute atomic E-state index is 5.90. The molecule has 1 aliphatic carbocycles. The third-order valence-electron chi connectivity index (χ3n) is 3.12. The number of anilines is 1. The summed E-state index contributed by atoms with van der Waals surface area (Å²) in [4.78, 5) is 10.9. The Bertz CT molecular complexity index is 331. The van der Waals surface area contributed by atoms with E-state index < -0.39 is 0 Å². The molecular weight excluding hydrogens is 200 g/mol. The van der Waals surface area contributed by atoms with Crippen molar-refractivity contribution in [3.8, 4) is 0 Å². The summed E-state index contributed by atoms with van der Waals surface area (Å²) in [6, 6.07) is 0.874. The van der Waals surface area contributed by atoms with Crippen molar-refractivity contribution in [1.29, 1.82) is 0 Å². The summed E-state index contributed by atoms with van der Waals surface area (Å²) in [5.74, 6) is 0.830. The molecule has 1 heterocycles. The van der Waals surface area contributed by atoms with Crippen LogP contribution in [0.1, 0.15) is 31.7 Å². The molecule has 2 N–H and O–H groups in total. The molecule has 1 saturated carbocycles. The summed E-state index contributed by atoms with van der Waals surface area (Å²) in [7, 11) is 2.06. The van der Waals surface area contributed by atoms with Crippen LogP contribution in [0.5, 0.6) is 0 Å². The summed E-state index contributed by atoms with van der Waals surface area (Å²) in [5.41, 5.74) is 7.02. The van der Waals surface area contributed by atoms with E-state index in [0.29, 0.717) is 6.04 Å². The predicted molar refractivity (Wildman–Crippen MR) is 65.4 cm³/mol. The van der Waals surface area contributed by atoms with Gasteiger partial charge in [0.05, 0.1) is 0 Å². The monoisotopic (exact) mass is 220 g/mol. The second-order valence-corrected chi connectivity index (χ2v) is 4.61. The highest BCUT2D eigenvalue weighted by Gasteiger charge is 2.27. The van der Waals surface area contributed by atoms with Gasteiger partial charge in [0.1, 0.15) is 0 Å². The van der Waals surface area contributed by atoms with E-state index in [1.165, 1.54) is 12.8 Å². The molecular formula is C12H20N4. The lowest BCUT2D eigenvalue weighted by Gasteiger charge is -2.16. The van der Waals surface area contributed by atoms with Crippen LogP contribution in [0.2, 0.25) is 0 Å². The summed E-state index contributed by atoms with van der Waals surface area (Å²) in [6.07, 6.45) is 8.19. The molecule has 1 aliphatic rings. The van der Waals surface area contributed by atoms with Crippen LogP contribution in [0.25, 0.3) is 0 Å². The Kier molecular flexibility index (Phi) is 3.39. The molecule has 88 valence electrons. The van der Waals surface area contributed by atoms with Crippen LogP contribution < -0.4 is 10.6 Å². The predicted octanol–water partition coefficient (Wildman–Crippen LogP) is 1.35. The number of hydrogen-bond donors (Lipinski definition) is 1. The lowest BCUT2D eigenvalue weighted by molar-refractivity contribution is 0.643. The maximum Gasteiger partial charge on any atom is 0.225 e. The van der Waals surface area contributed by atoms with E-state index in [9.17, 15) is 0 Å². The first kappa shape index (κ1) is 11.3. The summed E-state index contributed by atoms with van der Waals surface area (Å²) >= 11 is 0. The largest absolute Gasteiger partial charge is 0.341 e. The van der Waals surface area contributed by atoms with Crippen LogP contribution in [0, 0.1) is 0 Å². The molecule has 0 radical (unpaired) electrons. The van der Waals surface area contributed by atoms with Crippen molar-refractivity contribution in [1.82, 2.24) is 9.97 Å². The zero-order valence-electron chi connectivity index (χ0n) is 10.1. The Morgan fingerprint density at radius 2 is 2.06 bits per heavy atom. The van der Waals surface area contributed by atoms with Crippen molar-refractivity contribution >= 4 is 5.95 Å². The van der Waals surface area contributed by atoms with Gasteiger partial charge in [-0.3, -0.25) is 0 Å². The zero-order chi connectivity index (χ0) is 11.5. The minimum atomic E-state index is 0.218. The Hall–Kier alpha value is -1.16. The zero-order valence-corrected chi connectivity index (χ0v) is 10.1. The van der Waals surface area contributed by atoms with Crippen molar-refractivity contribution in [3.05, 3.63) is 18.0 Å². The molecule has 16 heavy (non-hydrogen) atoms. The molecule has 4 nitrogen and oxygen atoms in total. The summed E-state index contributed by atoms with van der Waals surface area (Å²) < 4.78 is 0. The van der Waals surface area contributed by atoms with Crippen molar-refractivity contribution in [3.63, 3.8) is 0 Å². The van der Waals surface area contributed by atoms with E-state index in [1.807, 2.05) is 12.4 Å². The average Bonchev–Trinajstić information content (AvgIpc) is 3.13. The van der Waals surface area contributed by atoms with Crippen LogP contribution in [0.3, 0.4) is 0 Å². The van der Waals surface area contributed by atoms with E-state index in [0.717, 1.165) is 24.4 Å². The number of nitrogens with two attached hydrogens (primary N) is 1. The van der Waals surface area contributed by atoms with Crippen LogP contribution in [-0.2, 0) is 6.42 Å². The van der Waals surface area contributed by atoms with Gasteiger partial charge in [-0.15, -0.1) is 0 Å². The van der Waals surface area contributed by atoms with Crippen LogP contribution in [0.4, 0.5) is 5.95 Å². The van der Waals surface area contributed by atoms with Gasteiger partial charge in [0, 0.05) is 31.5 Å². The second kappa shape index (κ2) is 4.78. The molecule has 0 aliphatic heterocycles. The van der Waals surface area contributed by atoms with Gasteiger partial charge in [0.25, 0.3) is 0 Å². The van der Waals surface area contributed by atoms with Gasteiger partial charge in [0.2, 0.25) is 5.95 Å². The van der Waals surface area contributed by atoms with Crippen LogP contribution in [-0.4, -0.2) is 29.1 Å². The number of hydrogen-bond acceptors (Lipinski definition) is 4. The molecule has 0 amide bonds. The van der Waals surface area contributed by atoms with Gasteiger partial charge in [-0.2, -0.15) is 0 Å². The average molecular weight is 220 g/mol. The highest BCUT2D eigenvalue weighted by atomic mass is 15.3. The first-order valence-corrected chi connectivity index (χ1v) is 6.00. The van der Waals surface area contributed by atoms with E-state index in [1.54, 1.807) is 0 Å². The fraction of sp³-hybridized carbons (Fsp3) is 0.667. The van der Waals surface area contributed by atoms with E-state index >= 15 is 0 Å². The maximum atomic E-state index is 5.90. The standard InChI is InChI=1S/C12H20N4/c1-3-10(13)6-9-7-14-12(15-8-9)16(2)11-4-5-11/h7-8,10-11H,3-6,13H2,1-2H3. The Balaban J connectivity index is 1.98. The molecule has 0 spiro atoms. The molecule has 4 heteroatoms. The summed E-state index contributed by atoms with van der Waals surface area (Å²) in [5, 5.41) is 0. The van der Waals surface area contributed by atoms with Crippen LogP contribution in [0.15, 0.2) is 12.4 Å². The molecule has 0 aromatic carbocycles. The molecule has 2 rings (SSSR count). The Morgan fingerprint density at radius 3 is 2.56 bits per heavy atom. The third kappa shape index (κ3) is 2.70. The van der Waals surface area contributed by atoms with E-state index in [2.05, 4.69) is 28.8 Å². The minimum absolute atomic E-state index is 0.218. The Morgan fingerprint density at radius 1 is 1.44 bits per heavy atom. The SMILES string of the molecule is CCC(N)Cc1cnc(N(C)C2CC2)nc1. The van der Waals surface area contributed by atoms with E-state index in [-0.39, 0.29) is 6.04 Å². The van der Waals surface area contributed by atoms with E-state index in [4.69, 9.17) is 5.73 Å². The topological polar surface area (TPSA) is 55.0 Å². The first-order chi connectivity index (χ1) is 7.70. The quantitative estimate of drug-likeness (QED) is 0.814. The van der Waals surface area contributed by atoms with Crippen molar-refractivity contribution in [2.24, 2.45) is 5.73 Å². The van der Waals surface area contributed by atoms with Gasteiger partial charge in [-0.25, -0.2) is 9.97 Å². The van der Waals surface area contributed by atoms with Gasteiger partial charge in [-0.05, 0) is 31.2 Å². The molecule has 1 fully saturated rings. The van der Waals surface area contributed by atoms with Gasteiger partial charge in [-0.1, -0.05) is 6.92 Å². The van der Waals surface area contributed by atoms with Crippen molar-refractivity contribution in [2.45, 2.75) is 44.7 Å². The number of aromatic nitrogens is 2. The molecule has 1 unspecified atom stereocenters. The Labute approximate surface area is 96.9 Å². The summed E-state index contributed by atoms with van der Waals surface area (Å²) in [6.45, 7) is 2.10. The molecule has 0 saturated heterocycles. The lowest BCUT2D eigenvalue weighted by Crippen LogP contribution is -2.23. The van der Waals surface area contributed by atoms with Crippen molar-refractivity contribution in [2.75, 3.05) is 11.9 Å². The van der Waals surface area contributed by atoms with Crippen LogP contribution >= 0.6 is 0 Å². The molecule has 0 bridgehead atoms. The smallest absolute Gasteiger partial charge is 0.225 e. The number of nitrogens with zero attached hydrogens (tertiary/aromatic N) is 3. The van der Waals surface area contributed by atoms with Gasteiger partial charge < -0.3 is 10.6 Å². The molecule has 1 atom stereocenters. The first-order valence-electron chi connectivity index (χ1n) is 6.00. The fourth-order valence-corrected chi connectivity index (χ4v) is 1.71. The molecule has 1 aromatic heterocycles. The van der Waals surface area contributed by atoms with Gasteiger partial charge >= 0.3 is 0 Å². The highest BCUT2D eigenvalue weighted by Crippen LogP contribution is 2.27. The lowest BCUT2D eigenvalue weighted by atomic mass is 10.1. The fourth-order valence-electron chi connectivity index (χ4n) is 1.71. The highest BCUT2D eigenvalue weighted by molar-refractivity contribution is 5.32. The van der Waals surface area contributed by atoms with Crippen molar-refractivity contribution < 1.29 is 0 Å².